The lowest BCUT2D eigenvalue weighted by Gasteiger charge is -2.00. The Morgan fingerprint density at radius 1 is 1.24 bits per heavy atom. The minimum atomic E-state index is -0.880. The molecule has 0 bridgehead atoms. The van der Waals surface area contributed by atoms with Crippen LogP contribution >= 0.6 is 0 Å². The van der Waals surface area contributed by atoms with Crippen molar-refractivity contribution in [2.75, 3.05) is 0 Å². The van der Waals surface area contributed by atoms with Gasteiger partial charge >= 0.3 is 6.03 Å². The molecule has 1 atom stereocenters. The largest absolute Gasteiger partial charge is 0.458 e. The molecule has 3 rings (SSSR count). The molecular weight excluding hydrogens is 226 g/mol. The predicted octanol–water partition coefficient (Wildman–Crippen LogP) is 0.00160. The number of amides is 3. The van der Waals surface area contributed by atoms with Crippen molar-refractivity contribution in [1.29, 1.82) is 0 Å². The van der Waals surface area contributed by atoms with Crippen molar-refractivity contribution in [2.45, 2.75) is 6.04 Å². The molecule has 3 heterocycles. The van der Waals surface area contributed by atoms with Gasteiger partial charge < -0.3 is 14.7 Å². The SMILES string of the molecule is O=C1NC(=O)C(c2cc3c(=O)[nH]ccc3o2)N1. The Labute approximate surface area is 93.8 Å². The molecule has 7 heteroatoms. The van der Waals surface area contributed by atoms with Crippen LogP contribution in [0.1, 0.15) is 11.8 Å². The molecule has 0 radical (unpaired) electrons. The van der Waals surface area contributed by atoms with E-state index in [-0.39, 0.29) is 11.3 Å². The Balaban J connectivity index is 2.13. The van der Waals surface area contributed by atoms with Crippen molar-refractivity contribution in [1.82, 2.24) is 15.6 Å². The van der Waals surface area contributed by atoms with Gasteiger partial charge in [-0.3, -0.25) is 14.9 Å². The Kier molecular flexibility index (Phi) is 1.82. The maximum absolute atomic E-state index is 11.4. The number of pyridine rings is 1. The van der Waals surface area contributed by atoms with Gasteiger partial charge in [0.15, 0.2) is 6.04 Å². The number of aromatic amines is 1. The summed E-state index contributed by atoms with van der Waals surface area (Å²) in [5, 5.41) is 4.83. The van der Waals surface area contributed by atoms with E-state index in [9.17, 15) is 14.4 Å². The van der Waals surface area contributed by atoms with Crippen LogP contribution < -0.4 is 16.2 Å². The lowest BCUT2D eigenvalue weighted by Crippen LogP contribution is -2.22. The van der Waals surface area contributed by atoms with E-state index >= 15 is 0 Å². The number of urea groups is 1. The topological polar surface area (TPSA) is 104 Å². The van der Waals surface area contributed by atoms with Gasteiger partial charge in [-0.25, -0.2) is 4.79 Å². The van der Waals surface area contributed by atoms with Crippen LogP contribution in [0.2, 0.25) is 0 Å². The van der Waals surface area contributed by atoms with Gasteiger partial charge in [0.1, 0.15) is 11.3 Å². The zero-order chi connectivity index (χ0) is 12.0. The number of carbonyl (C=O) groups is 2. The molecule has 0 aromatic carbocycles. The third-order valence-corrected chi connectivity index (χ3v) is 2.53. The van der Waals surface area contributed by atoms with Crippen LogP contribution in [-0.2, 0) is 4.79 Å². The Morgan fingerprint density at radius 3 is 2.71 bits per heavy atom. The van der Waals surface area contributed by atoms with E-state index in [4.69, 9.17) is 4.42 Å². The Bertz CT molecular complexity index is 684. The van der Waals surface area contributed by atoms with E-state index in [1.165, 1.54) is 12.3 Å². The minimum Gasteiger partial charge on any atom is -0.458 e. The fourth-order valence-electron chi connectivity index (χ4n) is 1.76. The van der Waals surface area contributed by atoms with Gasteiger partial charge in [-0.15, -0.1) is 0 Å². The number of imide groups is 1. The minimum absolute atomic E-state index is 0.236. The molecule has 1 aliphatic heterocycles. The number of aromatic nitrogens is 1. The molecule has 7 nitrogen and oxygen atoms in total. The van der Waals surface area contributed by atoms with Crippen LogP contribution in [0.3, 0.4) is 0 Å². The molecule has 86 valence electrons. The smallest absolute Gasteiger partial charge is 0.322 e. The van der Waals surface area contributed by atoms with Gasteiger partial charge in [0.25, 0.3) is 11.5 Å². The third kappa shape index (κ3) is 1.40. The second-order valence-corrected chi connectivity index (χ2v) is 3.63. The summed E-state index contributed by atoms with van der Waals surface area (Å²) >= 11 is 0. The third-order valence-electron chi connectivity index (χ3n) is 2.53. The van der Waals surface area contributed by atoms with Gasteiger partial charge in [-0.05, 0) is 12.1 Å². The summed E-state index contributed by atoms with van der Waals surface area (Å²) in [6, 6.07) is 1.57. The average molecular weight is 233 g/mol. The summed E-state index contributed by atoms with van der Waals surface area (Å²) in [7, 11) is 0. The highest BCUT2D eigenvalue weighted by Gasteiger charge is 2.33. The first-order valence-electron chi connectivity index (χ1n) is 4.87. The highest BCUT2D eigenvalue weighted by atomic mass is 16.3. The maximum Gasteiger partial charge on any atom is 0.322 e. The van der Waals surface area contributed by atoms with Gasteiger partial charge in [0.2, 0.25) is 0 Å². The summed E-state index contributed by atoms with van der Waals surface area (Å²) in [5.41, 5.74) is 0.0694. The van der Waals surface area contributed by atoms with Crippen molar-refractivity contribution in [2.24, 2.45) is 0 Å². The molecule has 2 aromatic rings. The fourth-order valence-corrected chi connectivity index (χ4v) is 1.76. The lowest BCUT2D eigenvalue weighted by atomic mass is 10.2. The highest BCUT2D eigenvalue weighted by Crippen LogP contribution is 2.23. The summed E-state index contributed by atoms with van der Waals surface area (Å²) in [6.45, 7) is 0. The van der Waals surface area contributed by atoms with Gasteiger partial charge in [0, 0.05) is 6.20 Å². The zero-order valence-electron chi connectivity index (χ0n) is 8.44. The molecule has 17 heavy (non-hydrogen) atoms. The van der Waals surface area contributed by atoms with E-state index in [1.54, 1.807) is 6.07 Å². The zero-order valence-corrected chi connectivity index (χ0v) is 8.44. The van der Waals surface area contributed by atoms with Gasteiger partial charge in [-0.2, -0.15) is 0 Å². The van der Waals surface area contributed by atoms with Crippen LogP contribution in [0.25, 0.3) is 11.0 Å². The van der Waals surface area contributed by atoms with Crippen molar-refractivity contribution >= 4 is 22.9 Å². The first-order valence-corrected chi connectivity index (χ1v) is 4.87. The van der Waals surface area contributed by atoms with E-state index in [1.807, 2.05) is 0 Å². The number of H-pyrrole nitrogens is 1. The molecule has 1 saturated heterocycles. The molecule has 0 aliphatic carbocycles. The number of rotatable bonds is 1. The molecule has 3 N–H and O–H groups in total. The standard InChI is InChI=1S/C10H7N3O4/c14-8-4-3-6(17-5(4)1-2-11-8)7-9(15)13-10(16)12-7/h1-3,7H,(H,11,14)(H2,12,13,15,16). The number of fused-ring (bicyclic) bond motifs is 1. The highest BCUT2D eigenvalue weighted by molar-refractivity contribution is 6.04. The van der Waals surface area contributed by atoms with Gasteiger partial charge in [-0.1, -0.05) is 0 Å². The molecule has 1 unspecified atom stereocenters. The summed E-state index contributed by atoms with van der Waals surface area (Å²) < 4.78 is 5.36. The van der Waals surface area contributed by atoms with Gasteiger partial charge in [0.05, 0.1) is 5.39 Å². The average Bonchev–Trinajstić information content (AvgIpc) is 2.82. The molecule has 1 fully saturated rings. The number of furan rings is 1. The monoisotopic (exact) mass is 233 g/mol. The van der Waals surface area contributed by atoms with Crippen LogP contribution in [0.5, 0.6) is 0 Å². The van der Waals surface area contributed by atoms with Crippen molar-refractivity contribution in [3.05, 3.63) is 34.4 Å². The lowest BCUT2D eigenvalue weighted by molar-refractivity contribution is -0.120. The molecular formula is C10H7N3O4. The second kappa shape index (κ2) is 3.21. The van der Waals surface area contributed by atoms with Crippen LogP contribution in [-0.4, -0.2) is 16.9 Å². The van der Waals surface area contributed by atoms with E-state index < -0.39 is 18.0 Å². The molecule has 2 aromatic heterocycles. The first kappa shape index (κ1) is 9.64. The first-order chi connectivity index (χ1) is 8.15. The Morgan fingerprint density at radius 2 is 2.06 bits per heavy atom. The van der Waals surface area contributed by atoms with E-state index in [2.05, 4.69) is 15.6 Å². The number of carbonyl (C=O) groups excluding carboxylic acids is 2. The van der Waals surface area contributed by atoms with E-state index in [0.29, 0.717) is 11.0 Å². The normalized spacial score (nSPS) is 19.4. The van der Waals surface area contributed by atoms with Crippen molar-refractivity contribution < 1.29 is 14.0 Å². The summed E-state index contributed by atoms with van der Waals surface area (Å²) in [5.74, 6) is -0.259. The molecule has 1 aliphatic rings. The quantitative estimate of drug-likeness (QED) is 0.603. The number of hydrogen-bond donors (Lipinski definition) is 3. The number of nitrogens with one attached hydrogen (secondary N) is 3. The molecule has 3 amide bonds. The second-order valence-electron chi connectivity index (χ2n) is 3.63. The summed E-state index contributed by atoms with van der Waals surface area (Å²) in [4.78, 5) is 36.3. The van der Waals surface area contributed by atoms with Crippen LogP contribution in [0.4, 0.5) is 4.79 Å². The Hall–Kier alpha value is -2.57. The molecule has 0 saturated carbocycles. The van der Waals surface area contributed by atoms with Crippen molar-refractivity contribution in [3.8, 4) is 0 Å². The fraction of sp³-hybridized carbons (Fsp3) is 0.100. The van der Waals surface area contributed by atoms with Crippen LogP contribution in [0.15, 0.2) is 27.5 Å². The number of hydrogen-bond acceptors (Lipinski definition) is 4. The maximum atomic E-state index is 11.4. The van der Waals surface area contributed by atoms with E-state index in [0.717, 1.165) is 0 Å². The van der Waals surface area contributed by atoms with Crippen LogP contribution in [0, 0.1) is 0 Å². The summed E-state index contributed by atoms with van der Waals surface area (Å²) in [6.07, 6.45) is 1.45. The molecule has 0 spiro atoms. The predicted molar refractivity (Wildman–Crippen MR) is 56.3 cm³/mol. The van der Waals surface area contributed by atoms with Crippen molar-refractivity contribution in [3.63, 3.8) is 0 Å².